The van der Waals surface area contributed by atoms with Gasteiger partial charge in [0.2, 0.25) is 0 Å². The normalized spacial score (nSPS) is 10.5. The van der Waals surface area contributed by atoms with E-state index in [1.165, 1.54) is 10.6 Å². The molecule has 0 saturated heterocycles. The highest BCUT2D eigenvalue weighted by molar-refractivity contribution is 5.42. The number of hydrogen-bond acceptors (Lipinski definition) is 4. The molecule has 0 aliphatic carbocycles. The molecule has 5 nitrogen and oxygen atoms in total. The summed E-state index contributed by atoms with van der Waals surface area (Å²) in [7, 11) is 1.60. The molecule has 15 heavy (non-hydrogen) atoms. The average Bonchev–Trinajstić information content (AvgIpc) is 2.20. The Balaban J connectivity index is 2.61. The van der Waals surface area contributed by atoms with Crippen molar-refractivity contribution in [2.75, 3.05) is 26.1 Å². The molecule has 0 aromatic carbocycles. The van der Waals surface area contributed by atoms with Crippen LogP contribution in [0.4, 0.5) is 5.69 Å². The van der Waals surface area contributed by atoms with Crippen molar-refractivity contribution in [3.8, 4) is 0 Å². The lowest BCUT2D eigenvalue weighted by Gasteiger charge is -2.08. The Hall–Kier alpha value is -1.33. The maximum Gasteiger partial charge on any atom is 0.252 e. The Kier molecular flexibility index (Phi) is 4.33. The predicted molar refractivity (Wildman–Crippen MR) is 57.7 cm³/mol. The largest absolute Gasteiger partial charge is 0.397 e. The van der Waals surface area contributed by atoms with Gasteiger partial charge in [-0.1, -0.05) is 0 Å². The van der Waals surface area contributed by atoms with Gasteiger partial charge in [0.1, 0.15) is 6.73 Å². The van der Waals surface area contributed by atoms with Gasteiger partial charge in [0.25, 0.3) is 5.56 Å². The Bertz CT molecular complexity index is 373. The van der Waals surface area contributed by atoms with E-state index in [9.17, 15) is 4.79 Å². The summed E-state index contributed by atoms with van der Waals surface area (Å²) in [6.45, 7) is 2.96. The molecule has 2 N–H and O–H groups in total. The van der Waals surface area contributed by atoms with E-state index in [4.69, 9.17) is 15.2 Å². The van der Waals surface area contributed by atoms with Crippen LogP contribution in [-0.4, -0.2) is 24.9 Å². The topological polar surface area (TPSA) is 66.5 Å². The van der Waals surface area contributed by atoms with E-state index in [1.54, 1.807) is 20.2 Å². The molecule has 0 radical (unpaired) electrons. The zero-order chi connectivity index (χ0) is 11.3. The van der Waals surface area contributed by atoms with E-state index in [-0.39, 0.29) is 12.3 Å². The minimum Gasteiger partial charge on any atom is -0.397 e. The van der Waals surface area contributed by atoms with Crippen LogP contribution in [0.25, 0.3) is 0 Å². The molecule has 5 heteroatoms. The van der Waals surface area contributed by atoms with E-state index in [0.717, 1.165) is 5.56 Å². The molecule has 1 aromatic heterocycles. The quantitative estimate of drug-likeness (QED) is 0.716. The second-order valence-electron chi connectivity index (χ2n) is 3.25. The molecule has 1 heterocycles. The molecular formula is C10H16N2O3. The lowest BCUT2D eigenvalue weighted by Crippen LogP contribution is -2.22. The number of pyridine rings is 1. The molecule has 0 saturated carbocycles. The molecule has 0 aliphatic heterocycles. The smallest absolute Gasteiger partial charge is 0.252 e. The first-order valence-electron chi connectivity index (χ1n) is 4.68. The van der Waals surface area contributed by atoms with E-state index < -0.39 is 0 Å². The second-order valence-corrected chi connectivity index (χ2v) is 3.25. The van der Waals surface area contributed by atoms with Crippen LogP contribution in [0.1, 0.15) is 5.56 Å². The summed E-state index contributed by atoms with van der Waals surface area (Å²) in [5.41, 5.74) is 6.94. The molecule has 0 amide bonds. The number of nitrogens with zero attached hydrogens (tertiary/aromatic N) is 1. The third-order valence-electron chi connectivity index (χ3n) is 2.04. The van der Waals surface area contributed by atoms with Gasteiger partial charge in [-0.2, -0.15) is 0 Å². The van der Waals surface area contributed by atoms with Crippen LogP contribution >= 0.6 is 0 Å². The fraction of sp³-hybridized carbons (Fsp3) is 0.500. The number of aromatic nitrogens is 1. The van der Waals surface area contributed by atoms with Crippen molar-refractivity contribution in [2.45, 2.75) is 13.7 Å². The number of ether oxygens (including phenoxy) is 2. The zero-order valence-electron chi connectivity index (χ0n) is 9.03. The molecule has 0 bridgehead atoms. The second kappa shape index (κ2) is 5.53. The van der Waals surface area contributed by atoms with Gasteiger partial charge in [-0.15, -0.1) is 0 Å². The minimum atomic E-state index is -0.112. The van der Waals surface area contributed by atoms with Crippen LogP contribution in [0, 0.1) is 6.92 Å². The van der Waals surface area contributed by atoms with Crippen molar-refractivity contribution in [1.82, 2.24) is 4.57 Å². The molecule has 1 rings (SSSR count). The number of nitrogen functional groups attached to an aromatic ring is 1. The number of hydrogen-bond donors (Lipinski definition) is 1. The van der Waals surface area contributed by atoms with Crippen molar-refractivity contribution >= 4 is 5.69 Å². The Labute approximate surface area is 88.4 Å². The monoisotopic (exact) mass is 212 g/mol. The van der Waals surface area contributed by atoms with Crippen LogP contribution in [0.3, 0.4) is 0 Å². The highest BCUT2D eigenvalue weighted by Gasteiger charge is 2.00. The Morgan fingerprint density at radius 1 is 1.47 bits per heavy atom. The van der Waals surface area contributed by atoms with Gasteiger partial charge in [-0.25, -0.2) is 0 Å². The molecule has 84 valence electrons. The summed E-state index contributed by atoms with van der Waals surface area (Å²) >= 11 is 0. The van der Waals surface area contributed by atoms with E-state index in [0.29, 0.717) is 18.9 Å². The van der Waals surface area contributed by atoms with Gasteiger partial charge in [-0.05, 0) is 12.5 Å². The predicted octanol–water partition coefficient (Wildman–Crippen LogP) is 0.359. The number of aryl methyl sites for hydroxylation is 1. The summed E-state index contributed by atoms with van der Waals surface area (Å²) < 4.78 is 11.5. The Morgan fingerprint density at radius 3 is 2.87 bits per heavy atom. The highest BCUT2D eigenvalue weighted by Crippen LogP contribution is 2.05. The van der Waals surface area contributed by atoms with Gasteiger partial charge < -0.3 is 15.2 Å². The fourth-order valence-corrected chi connectivity index (χ4v) is 1.09. The lowest BCUT2D eigenvalue weighted by atomic mass is 10.2. The average molecular weight is 212 g/mol. The van der Waals surface area contributed by atoms with Crippen molar-refractivity contribution in [3.63, 3.8) is 0 Å². The number of nitrogens with two attached hydrogens (primary N) is 1. The molecule has 0 atom stereocenters. The van der Waals surface area contributed by atoms with Gasteiger partial charge >= 0.3 is 0 Å². The summed E-state index contributed by atoms with van der Waals surface area (Å²) in [5, 5.41) is 0. The number of rotatable bonds is 5. The first-order valence-corrected chi connectivity index (χ1v) is 4.68. The van der Waals surface area contributed by atoms with Gasteiger partial charge in [-0.3, -0.25) is 9.36 Å². The highest BCUT2D eigenvalue weighted by atomic mass is 16.5. The zero-order valence-corrected chi connectivity index (χ0v) is 9.03. The minimum absolute atomic E-state index is 0.112. The number of methoxy groups -OCH3 is 1. The number of anilines is 1. The van der Waals surface area contributed by atoms with Crippen molar-refractivity contribution in [1.29, 1.82) is 0 Å². The molecule has 0 unspecified atom stereocenters. The van der Waals surface area contributed by atoms with Gasteiger partial charge in [0.05, 0.1) is 18.9 Å². The molecule has 0 fully saturated rings. The van der Waals surface area contributed by atoms with E-state index >= 15 is 0 Å². The third-order valence-corrected chi connectivity index (χ3v) is 2.04. The van der Waals surface area contributed by atoms with Crippen LogP contribution < -0.4 is 11.3 Å². The summed E-state index contributed by atoms with van der Waals surface area (Å²) in [5.74, 6) is 0. The first-order chi connectivity index (χ1) is 7.15. The van der Waals surface area contributed by atoms with Crippen molar-refractivity contribution in [2.24, 2.45) is 0 Å². The van der Waals surface area contributed by atoms with Crippen LogP contribution in [0.15, 0.2) is 17.1 Å². The van der Waals surface area contributed by atoms with Crippen LogP contribution in [-0.2, 0) is 16.2 Å². The molecular weight excluding hydrogens is 196 g/mol. The van der Waals surface area contributed by atoms with Crippen molar-refractivity contribution in [3.05, 3.63) is 28.2 Å². The fourth-order valence-electron chi connectivity index (χ4n) is 1.09. The standard InChI is InChI=1S/C10H16N2O3/c1-8-5-10(13)12(6-9(8)11)7-15-4-3-14-2/h5-6H,3-4,7,11H2,1-2H3. The third kappa shape index (κ3) is 3.38. The van der Waals surface area contributed by atoms with Gasteiger partial charge in [0, 0.05) is 19.4 Å². The van der Waals surface area contributed by atoms with Crippen LogP contribution in [0.2, 0.25) is 0 Å². The maximum atomic E-state index is 11.5. The first kappa shape index (κ1) is 11.7. The van der Waals surface area contributed by atoms with E-state index in [2.05, 4.69) is 0 Å². The molecule has 1 aromatic rings. The lowest BCUT2D eigenvalue weighted by molar-refractivity contribution is 0.0327. The summed E-state index contributed by atoms with van der Waals surface area (Å²) in [4.78, 5) is 11.5. The van der Waals surface area contributed by atoms with E-state index in [1.807, 2.05) is 0 Å². The SMILES string of the molecule is COCCOCn1cc(N)c(C)cc1=O. The maximum absolute atomic E-state index is 11.5. The van der Waals surface area contributed by atoms with Gasteiger partial charge in [0.15, 0.2) is 0 Å². The Morgan fingerprint density at radius 2 is 2.20 bits per heavy atom. The molecule has 0 aliphatic rings. The molecule has 0 spiro atoms. The summed E-state index contributed by atoms with van der Waals surface area (Å²) in [6.07, 6.45) is 1.59. The van der Waals surface area contributed by atoms with Crippen LogP contribution in [0.5, 0.6) is 0 Å². The van der Waals surface area contributed by atoms with Crippen molar-refractivity contribution < 1.29 is 9.47 Å². The summed E-state index contributed by atoms with van der Waals surface area (Å²) in [6, 6.07) is 1.50.